The van der Waals surface area contributed by atoms with Crippen molar-refractivity contribution in [3.05, 3.63) is 66.2 Å². The summed E-state index contributed by atoms with van der Waals surface area (Å²) in [6, 6.07) is 15.0. The molecule has 3 aromatic carbocycles. The van der Waals surface area contributed by atoms with Gasteiger partial charge in [0.2, 0.25) is 0 Å². The molecule has 0 aliphatic carbocycles. The van der Waals surface area contributed by atoms with Gasteiger partial charge in [0.05, 0.1) is 45.2 Å². The van der Waals surface area contributed by atoms with E-state index >= 15 is 0 Å². The van der Waals surface area contributed by atoms with Crippen LogP contribution in [0.3, 0.4) is 0 Å². The molecule has 37 heavy (non-hydrogen) atoms. The van der Waals surface area contributed by atoms with Gasteiger partial charge in [0.1, 0.15) is 23.8 Å². The van der Waals surface area contributed by atoms with Crippen molar-refractivity contribution < 1.29 is 37.3 Å². The second kappa shape index (κ2) is 12.0. The van der Waals surface area contributed by atoms with Crippen molar-refractivity contribution in [3.8, 4) is 28.7 Å². The highest BCUT2D eigenvalue weighted by atomic mass is 32.2. The van der Waals surface area contributed by atoms with Crippen LogP contribution >= 0.6 is 0 Å². The molecular formula is C25H27N3O8S. The van der Waals surface area contributed by atoms with Crippen LogP contribution in [0.1, 0.15) is 5.56 Å². The second-order valence-electron chi connectivity index (χ2n) is 7.42. The van der Waals surface area contributed by atoms with Gasteiger partial charge in [-0.1, -0.05) is 12.1 Å². The molecule has 11 nitrogen and oxygen atoms in total. The Hall–Kier alpha value is -4.45. The van der Waals surface area contributed by atoms with Crippen LogP contribution in [0.4, 0.5) is 5.69 Å². The molecule has 0 aliphatic rings. The minimum atomic E-state index is -4.34. The molecule has 1 amide bonds. The van der Waals surface area contributed by atoms with Crippen molar-refractivity contribution in [2.45, 2.75) is 4.90 Å². The second-order valence-corrected chi connectivity index (χ2v) is 9.28. The number of phenols is 1. The fraction of sp³-hybridized carbons (Fsp3) is 0.200. The van der Waals surface area contributed by atoms with E-state index in [-0.39, 0.29) is 27.8 Å². The monoisotopic (exact) mass is 529 g/mol. The Labute approximate surface area is 214 Å². The molecule has 2 N–H and O–H groups in total. The first-order chi connectivity index (χ1) is 17.7. The first-order valence-electron chi connectivity index (χ1n) is 10.8. The molecule has 0 unspecified atom stereocenters. The molecule has 0 saturated heterocycles. The Balaban J connectivity index is 2.02. The third kappa shape index (κ3) is 6.22. The molecular weight excluding hydrogens is 502 g/mol. The third-order valence-electron chi connectivity index (χ3n) is 5.21. The van der Waals surface area contributed by atoms with E-state index < -0.39 is 22.5 Å². The number of aromatic hydroxyl groups is 1. The Morgan fingerprint density at radius 3 is 2.24 bits per heavy atom. The topological polar surface area (TPSA) is 136 Å². The molecule has 3 aromatic rings. The number of amides is 1. The van der Waals surface area contributed by atoms with E-state index in [0.717, 1.165) is 4.31 Å². The van der Waals surface area contributed by atoms with Gasteiger partial charge in [-0.25, -0.2) is 13.8 Å². The largest absolute Gasteiger partial charge is 0.507 e. The summed E-state index contributed by atoms with van der Waals surface area (Å²) in [6.07, 6.45) is 1.24. The number of hydrazone groups is 1. The Kier molecular flexibility index (Phi) is 8.80. The van der Waals surface area contributed by atoms with Gasteiger partial charge in [-0.15, -0.1) is 0 Å². The van der Waals surface area contributed by atoms with E-state index in [2.05, 4.69) is 10.5 Å². The van der Waals surface area contributed by atoms with Crippen molar-refractivity contribution in [2.24, 2.45) is 5.10 Å². The first kappa shape index (κ1) is 27.1. The molecule has 0 saturated carbocycles. The van der Waals surface area contributed by atoms with Crippen LogP contribution in [0.25, 0.3) is 0 Å². The molecule has 0 bridgehead atoms. The quantitative estimate of drug-likeness (QED) is 0.286. The molecule has 196 valence electrons. The zero-order chi connectivity index (χ0) is 27.0. The maximum absolute atomic E-state index is 13.8. The molecule has 0 spiro atoms. The van der Waals surface area contributed by atoms with Crippen LogP contribution in [0, 0.1) is 0 Å². The van der Waals surface area contributed by atoms with E-state index in [4.69, 9.17) is 18.9 Å². The van der Waals surface area contributed by atoms with Crippen molar-refractivity contribution in [1.29, 1.82) is 0 Å². The molecule has 12 heteroatoms. The number of para-hydroxylation sites is 1. The number of nitrogens with zero attached hydrogens (tertiary/aromatic N) is 2. The number of hydrogen-bond acceptors (Lipinski definition) is 9. The number of methoxy groups -OCH3 is 4. The normalized spacial score (nSPS) is 11.1. The predicted octanol–water partition coefficient (Wildman–Crippen LogP) is 2.77. The summed E-state index contributed by atoms with van der Waals surface area (Å²) in [5, 5.41) is 13.7. The summed E-state index contributed by atoms with van der Waals surface area (Å²) in [6.45, 7) is -0.654. The molecule has 0 radical (unpaired) electrons. The molecule has 0 fully saturated rings. The van der Waals surface area contributed by atoms with Crippen LogP contribution in [-0.2, 0) is 14.8 Å². The maximum atomic E-state index is 13.8. The van der Waals surface area contributed by atoms with Gasteiger partial charge >= 0.3 is 0 Å². The van der Waals surface area contributed by atoms with Gasteiger partial charge in [0, 0.05) is 17.7 Å². The molecule has 0 aliphatic heterocycles. The van der Waals surface area contributed by atoms with Gasteiger partial charge in [-0.3, -0.25) is 9.10 Å². The van der Waals surface area contributed by atoms with Crippen LogP contribution < -0.4 is 28.7 Å². The number of carbonyl (C=O) groups excluding carboxylic acids is 1. The van der Waals surface area contributed by atoms with Gasteiger partial charge in [0.25, 0.3) is 15.9 Å². The first-order valence-corrected chi connectivity index (χ1v) is 12.3. The number of carbonyl (C=O) groups is 1. The lowest BCUT2D eigenvalue weighted by Crippen LogP contribution is -2.39. The zero-order valence-corrected chi connectivity index (χ0v) is 21.5. The third-order valence-corrected chi connectivity index (χ3v) is 6.97. The fourth-order valence-corrected chi connectivity index (χ4v) is 4.77. The number of benzene rings is 3. The minimum absolute atomic E-state index is 0.0285. The zero-order valence-electron chi connectivity index (χ0n) is 20.7. The summed E-state index contributed by atoms with van der Waals surface area (Å²) in [4.78, 5) is 12.7. The van der Waals surface area contributed by atoms with Gasteiger partial charge < -0.3 is 24.1 Å². The van der Waals surface area contributed by atoms with Crippen molar-refractivity contribution in [2.75, 3.05) is 39.3 Å². The number of nitrogens with one attached hydrogen (secondary N) is 1. The molecule has 3 rings (SSSR count). The van der Waals surface area contributed by atoms with Crippen LogP contribution in [0.2, 0.25) is 0 Å². The van der Waals surface area contributed by atoms with Crippen molar-refractivity contribution >= 4 is 27.8 Å². The van der Waals surface area contributed by atoms with E-state index in [0.29, 0.717) is 17.1 Å². The van der Waals surface area contributed by atoms with Gasteiger partial charge in [0.15, 0.2) is 11.5 Å². The smallest absolute Gasteiger partial charge is 0.265 e. The SMILES string of the molecule is COc1ccc(OC)c(N(CC(=O)N/N=C\c2ccccc2O)S(=O)(=O)c2ccc(OC)c(OC)c2)c1. The molecule has 0 heterocycles. The number of phenolic OH excluding ortho intramolecular Hbond substituents is 1. The number of anilines is 1. The lowest BCUT2D eigenvalue weighted by molar-refractivity contribution is -0.119. The van der Waals surface area contributed by atoms with Crippen LogP contribution in [0.15, 0.2) is 70.7 Å². The highest BCUT2D eigenvalue weighted by Gasteiger charge is 2.31. The average Bonchev–Trinajstić information content (AvgIpc) is 2.91. The van der Waals surface area contributed by atoms with Gasteiger partial charge in [-0.05, 0) is 36.4 Å². The summed E-state index contributed by atoms with van der Waals surface area (Å²) in [5.74, 6) is 0.289. The lowest BCUT2D eigenvalue weighted by Gasteiger charge is -2.26. The maximum Gasteiger partial charge on any atom is 0.265 e. The minimum Gasteiger partial charge on any atom is -0.507 e. The Bertz CT molecular complexity index is 1390. The number of sulfonamides is 1. The average molecular weight is 530 g/mol. The highest BCUT2D eigenvalue weighted by Crippen LogP contribution is 2.37. The van der Waals surface area contributed by atoms with E-state index in [1.54, 1.807) is 24.3 Å². The highest BCUT2D eigenvalue weighted by molar-refractivity contribution is 7.92. The van der Waals surface area contributed by atoms with E-state index in [1.165, 1.54) is 71.1 Å². The lowest BCUT2D eigenvalue weighted by atomic mass is 10.2. The predicted molar refractivity (Wildman–Crippen MR) is 137 cm³/mol. The van der Waals surface area contributed by atoms with Crippen molar-refractivity contribution in [1.82, 2.24) is 5.43 Å². The number of ether oxygens (including phenoxy) is 4. The van der Waals surface area contributed by atoms with E-state index in [9.17, 15) is 18.3 Å². The number of rotatable bonds is 11. The molecule has 0 atom stereocenters. The van der Waals surface area contributed by atoms with Gasteiger partial charge in [-0.2, -0.15) is 5.10 Å². The Morgan fingerprint density at radius 1 is 0.919 bits per heavy atom. The summed E-state index contributed by atoms with van der Waals surface area (Å²) >= 11 is 0. The van der Waals surface area contributed by atoms with Crippen molar-refractivity contribution in [3.63, 3.8) is 0 Å². The standard InChI is InChI=1S/C25H27N3O8S/c1-33-18-9-11-22(34-2)20(13-18)28(16-25(30)27-26-15-17-7-5-6-8-21(17)29)37(31,32)19-10-12-23(35-3)24(14-19)36-4/h5-15,29H,16H2,1-4H3,(H,27,30)/b26-15-. The van der Waals surface area contributed by atoms with Crippen LogP contribution in [-0.4, -0.2) is 60.6 Å². The number of hydrogen-bond donors (Lipinski definition) is 2. The fourth-order valence-electron chi connectivity index (χ4n) is 3.33. The van der Waals surface area contributed by atoms with E-state index in [1.807, 2.05) is 0 Å². The molecule has 0 aromatic heterocycles. The summed E-state index contributed by atoms with van der Waals surface area (Å²) in [7, 11) is 1.28. The Morgan fingerprint density at radius 2 is 1.59 bits per heavy atom. The summed E-state index contributed by atoms with van der Waals surface area (Å²) < 4.78 is 49.6. The van der Waals surface area contributed by atoms with Crippen LogP contribution in [0.5, 0.6) is 28.7 Å². The summed E-state index contributed by atoms with van der Waals surface area (Å²) in [5.41, 5.74) is 2.72.